The summed E-state index contributed by atoms with van der Waals surface area (Å²) in [6, 6.07) is 17.6. The van der Waals surface area contributed by atoms with Crippen LogP contribution in [0.4, 0.5) is 0 Å². The van der Waals surface area contributed by atoms with E-state index in [0.717, 1.165) is 0 Å². The molecular weight excluding hydrogens is 478 g/mol. The summed E-state index contributed by atoms with van der Waals surface area (Å²) in [6.07, 6.45) is 0. The third-order valence-corrected chi connectivity index (χ3v) is 6.23. The molecule has 0 radical (unpaired) electrons. The number of hydrogen-bond acceptors (Lipinski definition) is 7. The highest BCUT2D eigenvalue weighted by atomic mass is 16.5. The Morgan fingerprint density at radius 2 is 1.43 bits per heavy atom. The van der Waals surface area contributed by atoms with Gasteiger partial charge in [-0.2, -0.15) is 0 Å². The molecule has 1 aliphatic heterocycles. The highest BCUT2D eigenvalue weighted by Crippen LogP contribution is 2.49. The molecule has 0 atom stereocenters. The van der Waals surface area contributed by atoms with E-state index < -0.39 is 17.8 Å². The van der Waals surface area contributed by atoms with Crippen LogP contribution in [-0.4, -0.2) is 37.4 Å². The summed E-state index contributed by atoms with van der Waals surface area (Å²) in [4.78, 5) is 25.2. The first kappa shape index (κ1) is 23.6. The van der Waals surface area contributed by atoms with Gasteiger partial charge in [0, 0.05) is 46.8 Å². The molecule has 5 rings (SSSR count). The van der Waals surface area contributed by atoms with Crippen LogP contribution in [0.5, 0.6) is 34.5 Å². The van der Waals surface area contributed by atoms with Crippen LogP contribution in [-0.2, 0) is 6.54 Å². The van der Waals surface area contributed by atoms with Crippen LogP contribution in [0.3, 0.4) is 0 Å². The molecule has 0 spiro atoms. The van der Waals surface area contributed by atoms with Crippen LogP contribution in [0.25, 0.3) is 0 Å². The van der Waals surface area contributed by atoms with Crippen LogP contribution >= 0.6 is 0 Å². The van der Waals surface area contributed by atoms with E-state index in [4.69, 9.17) is 4.74 Å². The Balaban J connectivity index is 1.58. The SMILES string of the molecule is O=C(NCc1cccc(O)c1O)c1ccc(C(=O)O)c(C2c3ccc(O)cc3Oc3cc(O)ccc32)c1. The summed E-state index contributed by atoms with van der Waals surface area (Å²) in [7, 11) is 0. The van der Waals surface area contributed by atoms with Crippen molar-refractivity contribution in [2.45, 2.75) is 12.5 Å². The van der Waals surface area contributed by atoms with Gasteiger partial charge in [0.2, 0.25) is 0 Å². The van der Waals surface area contributed by atoms with Crippen LogP contribution in [0.15, 0.2) is 72.8 Å². The molecule has 4 aromatic rings. The third-order valence-electron chi connectivity index (χ3n) is 6.23. The lowest BCUT2D eigenvalue weighted by Gasteiger charge is -2.30. The second-order valence-corrected chi connectivity index (χ2v) is 8.55. The second kappa shape index (κ2) is 9.12. The number of benzene rings is 4. The zero-order valence-electron chi connectivity index (χ0n) is 19.2. The van der Waals surface area contributed by atoms with Crippen molar-refractivity contribution in [3.05, 3.63) is 106 Å². The topological polar surface area (TPSA) is 157 Å². The maximum atomic E-state index is 13.0. The van der Waals surface area contributed by atoms with Gasteiger partial charge in [0.05, 0.1) is 5.56 Å². The molecule has 4 aromatic carbocycles. The lowest BCUT2D eigenvalue weighted by Crippen LogP contribution is -2.24. The number of aromatic hydroxyl groups is 4. The fourth-order valence-electron chi connectivity index (χ4n) is 4.46. The monoisotopic (exact) mass is 499 g/mol. The van der Waals surface area contributed by atoms with Gasteiger partial charge in [0.15, 0.2) is 11.5 Å². The number of aromatic carboxylic acids is 1. The number of carboxylic acid groups (broad SMARTS) is 1. The Hall–Kier alpha value is -5.18. The normalized spacial score (nSPS) is 12.2. The van der Waals surface area contributed by atoms with Gasteiger partial charge in [-0.25, -0.2) is 4.79 Å². The van der Waals surface area contributed by atoms with Crippen LogP contribution < -0.4 is 10.1 Å². The van der Waals surface area contributed by atoms with E-state index in [9.17, 15) is 35.1 Å². The summed E-state index contributed by atoms with van der Waals surface area (Å²) < 4.78 is 5.89. The minimum Gasteiger partial charge on any atom is -0.508 e. The Morgan fingerprint density at radius 3 is 2.05 bits per heavy atom. The molecule has 0 saturated heterocycles. The highest BCUT2D eigenvalue weighted by Gasteiger charge is 2.32. The number of carbonyl (C=O) groups excluding carboxylic acids is 1. The van der Waals surface area contributed by atoms with Gasteiger partial charge in [-0.15, -0.1) is 0 Å². The van der Waals surface area contributed by atoms with E-state index in [2.05, 4.69) is 5.32 Å². The fourth-order valence-corrected chi connectivity index (χ4v) is 4.46. The van der Waals surface area contributed by atoms with Gasteiger partial charge in [0.25, 0.3) is 5.91 Å². The number of phenolic OH excluding ortho intramolecular Hbond substituents is 4. The van der Waals surface area contributed by atoms with Gasteiger partial charge in [-0.3, -0.25) is 4.79 Å². The van der Waals surface area contributed by atoms with Crippen LogP contribution in [0, 0.1) is 0 Å². The molecule has 1 aliphatic rings. The van der Waals surface area contributed by atoms with E-state index in [-0.39, 0.29) is 52.2 Å². The number of nitrogens with one attached hydrogen (secondary N) is 1. The number of hydrogen-bond donors (Lipinski definition) is 6. The largest absolute Gasteiger partial charge is 0.508 e. The number of fused-ring (bicyclic) bond motifs is 2. The maximum Gasteiger partial charge on any atom is 0.335 e. The second-order valence-electron chi connectivity index (χ2n) is 8.55. The molecule has 0 fully saturated rings. The van der Waals surface area contributed by atoms with Crippen molar-refractivity contribution in [2.24, 2.45) is 0 Å². The molecule has 0 bridgehead atoms. The van der Waals surface area contributed by atoms with Crippen molar-refractivity contribution in [3.8, 4) is 34.5 Å². The van der Waals surface area contributed by atoms with E-state index in [0.29, 0.717) is 22.3 Å². The molecule has 9 nitrogen and oxygen atoms in total. The molecule has 0 aliphatic carbocycles. The maximum absolute atomic E-state index is 13.0. The predicted molar refractivity (Wildman–Crippen MR) is 132 cm³/mol. The molecule has 186 valence electrons. The summed E-state index contributed by atoms with van der Waals surface area (Å²) in [6.45, 7) is -0.0728. The summed E-state index contributed by atoms with van der Waals surface area (Å²) in [5.74, 6) is -2.59. The lowest BCUT2D eigenvalue weighted by molar-refractivity contribution is 0.0694. The molecule has 1 amide bonds. The number of rotatable bonds is 5. The molecule has 9 heteroatoms. The van der Waals surface area contributed by atoms with Crippen molar-refractivity contribution in [2.75, 3.05) is 0 Å². The zero-order chi connectivity index (χ0) is 26.3. The smallest absolute Gasteiger partial charge is 0.335 e. The average molecular weight is 499 g/mol. The van der Waals surface area contributed by atoms with Crippen molar-refractivity contribution in [3.63, 3.8) is 0 Å². The lowest BCUT2D eigenvalue weighted by atomic mass is 9.80. The van der Waals surface area contributed by atoms with E-state index >= 15 is 0 Å². The van der Waals surface area contributed by atoms with Gasteiger partial charge >= 0.3 is 5.97 Å². The number of phenols is 4. The van der Waals surface area contributed by atoms with Crippen molar-refractivity contribution >= 4 is 11.9 Å². The minimum atomic E-state index is -1.20. The number of carboxylic acids is 1. The molecule has 6 N–H and O–H groups in total. The van der Waals surface area contributed by atoms with Gasteiger partial charge < -0.3 is 35.6 Å². The molecular formula is C28H21NO8. The first-order valence-electron chi connectivity index (χ1n) is 11.2. The summed E-state index contributed by atoms with van der Waals surface area (Å²) in [5.41, 5.74) is 1.89. The molecule has 0 saturated carbocycles. The number of amides is 1. The molecule has 0 aromatic heterocycles. The quantitative estimate of drug-likeness (QED) is 0.194. The van der Waals surface area contributed by atoms with E-state index in [1.165, 1.54) is 54.6 Å². The first-order chi connectivity index (χ1) is 17.7. The third kappa shape index (κ3) is 4.34. The summed E-state index contributed by atoms with van der Waals surface area (Å²) >= 11 is 0. The van der Waals surface area contributed by atoms with Crippen LogP contribution in [0.1, 0.15) is 48.9 Å². The number of ether oxygens (including phenoxy) is 1. The number of para-hydroxylation sites is 1. The average Bonchev–Trinajstić information content (AvgIpc) is 2.87. The Kier molecular flexibility index (Phi) is 5.81. The molecule has 37 heavy (non-hydrogen) atoms. The number of carbonyl (C=O) groups is 2. The highest BCUT2D eigenvalue weighted by molar-refractivity contribution is 5.97. The molecule has 0 unspecified atom stereocenters. The Bertz CT molecular complexity index is 1510. The van der Waals surface area contributed by atoms with Gasteiger partial charge in [-0.1, -0.05) is 24.3 Å². The van der Waals surface area contributed by atoms with Crippen molar-refractivity contribution in [1.82, 2.24) is 5.32 Å². The van der Waals surface area contributed by atoms with Crippen LogP contribution in [0.2, 0.25) is 0 Å². The Morgan fingerprint density at radius 1 is 0.784 bits per heavy atom. The standard InChI is InChI=1S/C28H21NO8/c30-16-5-8-19-23(11-16)37-24-12-17(31)6-9-20(24)25(19)21-10-14(4-7-18(21)28(35)36)27(34)29-13-15-2-1-3-22(32)26(15)33/h1-12,25,30-33H,13H2,(H,29,34)(H,35,36). The van der Waals surface area contributed by atoms with E-state index in [1.807, 2.05) is 0 Å². The first-order valence-corrected chi connectivity index (χ1v) is 11.2. The van der Waals surface area contributed by atoms with E-state index in [1.54, 1.807) is 18.2 Å². The molecule has 1 heterocycles. The van der Waals surface area contributed by atoms with Crippen molar-refractivity contribution < 1.29 is 39.9 Å². The zero-order valence-corrected chi connectivity index (χ0v) is 19.2. The Labute approximate surface area is 210 Å². The van der Waals surface area contributed by atoms with Crippen molar-refractivity contribution in [1.29, 1.82) is 0 Å². The summed E-state index contributed by atoms with van der Waals surface area (Å²) in [5, 5.41) is 52.3. The van der Waals surface area contributed by atoms with Gasteiger partial charge in [0.1, 0.15) is 23.0 Å². The fraction of sp³-hybridized carbons (Fsp3) is 0.0714. The minimum absolute atomic E-state index is 0.0351. The van der Waals surface area contributed by atoms with Gasteiger partial charge in [-0.05, 0) is 42.0 Å². The predicted octanol–water partition coefficient (Wildman–Crippen LogP) is 4.42.